The van der Waals surface area contributed by atoms with Gasteiger partial charge in [-0.25, -0.2) is 13.4 Å². The van der Waals surface area contributed by atoms with E-state index in [1.807, 2.05) is 0 Å². The number of hydrogen-bond acceptors (Lipinski definition) is 4. The number of rotatable bonds is 3. The fourth-order valence-corrected chi connectivity index (χ4v) is 3.37. The summed E-state index contributed by atoms with van der Waals surface area (Å²) in [6, 6.07) is 9.95. The van der Waals surface area contributed by atoms with Gasteiger partial charge in [0.1, 0.15) is 0 Å². The van der Waals surface area contributed by atoms with Crippen molar-refractivity contribution in [2.24, 2.45) is 0 Å². The van der Waals surface area contributed by atoms with Gasteiger partial charge in [0.05, 0.1) is 39.7 Å². The highest BCUT2D eigenvalue weighted by Gasteiger charge is 2.15. The summed E-state index contributed by atoms with van der Waals surface area (Å²) in [5.74, 6) is 0. The van der Waals surface area contributed by atoms with Gasteiger partial charge >= 0.3 is 0 Å². The summed E-state index contributed by atoms with van der Waals surface area (Å²) < 4.78 is 27.5. The van der Waals surface area contributed by atoms with E-state index < -0.39 is 10.0 Å². The van der Waals surface area contributed by atoms with Crippen molar-refractivity contribution < 1.29 is 8.42 Å². The molecule has 22 heavy (non-hydrogen) atoms. The third kappa shape index (κ3) is 2.09. The molecule has 2 aromatic heterocycles. The predicted octanol–water partition coefficient (Wildman–Crippen LogP) is 2.24. The van der Waals surface area contributed by atoms with Gasteiger partial charge in [-0.3, -0.25) is 9.82 Å². The number of aromatic amines is 2. The molecule has 0 bridgehead atoms. The highest BCUT2D eigenvalue weighted by molar-refractivity contribution is 7.92. The van der Waals surface area contributed by atoms with Crippen molar-refractivity contribution >= 4 is 37.6 Å². The largest absolute Gasteiger partial charge is 0.345 e. The second-order valence-electron chi connectivity index (χ2n) is 4.86. The molecule has 7 nitrogen and oxygen atoms in total. The van der Waals surface area contributed by atoms with Crippen molar-refractivity contribution in [3.8, 4) is 0 Å². The zero-order valence-corrected chi connectivity index (χ0v) is 12.1. The predicted molar refractivity (Wildman–Crippen MR) is 83.0 cm³/mol. The number of hydrogen-bond donors (Lipinski definition) is 3. The Morgan fingerprint density at radius 2 is 1.95 bits per heavy atom. The Hall–Kier alpha value is -2.87. The average Bonchev–Trinajstić information content (AvgIpc) is 3.14. The van der Waals surface area contributed by atoms with Crippen LogP contribution in [0.5, 0.6) is 0 Å². The molecule has 110 valence electrons. The quantitative estimate of drug-likeness (QED) is 0.539. The zero-order valence-electron chi connectivity index (χ0n) is 11.2. The molecular weight excluding hydrogens is 302 g/mol. The molecule has 0 aliphatic carbocycles. The van der Waals surface area contributed by atoms with Gasteiger partial charge in [0, 0.05) is 5.39 Å². The van der Waals surface area contributed by atoms with Crippen LogP contribution in [0.25, 0.3) is 21.9 Å². The fraction of sp³-hybridized carbons (Fsp3) is 0. The van der Waals surface area contributed by atoms with E-state index in [9.17, 15) is 8.42 Å². The SMILES string of the molecule is O=S(=O)(Nc1ccc2cn[nH]c2c1)c1ccc2nc[nH]c2c1. The van der Waals surface area contributed by atoms with Gasteiger partial charge in [-0.1, -0.05) is 0 Å². The maximum absolute atomic E-state index is 12.5. The molecule has 0 spiro atoms. The second-order valence-corrected chi connectivity index (χ2v) is 6.54. The summed E-state index contributed by atoms with van der Waals surface area (Å²) in [5.41, 5.74) is 2.63. The minimum absolute atomic E-state index is 0.175. The van der Waals surface area contributed by atoms with Crippen molar-refractivity contribution in [1.29, 1.82) is 0 Å². The Morgan fingerprint density at radius 3 is 2.86 bits per heavy atom. The van der Waals surface area contributed by atoms with Crippen LogP contribution < -0.4 is 4.72 Å². The maximum atomic E-state index is 12.5. The van der Waals surface area contributed by atoms with E-state index in [0.717, 1.165) is 16.4 Å². The van der Waals surface area contributed by atoms with Crippen molar-refractivity contribution in [2.75, 3.05) is 4.72 Å². The summed E-state index contributed by atoms with van der Waals surface area (Å²) in [7, 11) is -3.67. The topological polar surface area (TPSA) is 104 Å². The van der Waals surface area contributed by atoms with Gasteiger partial charge in [0.25, 0.3) is 10.0 Å². The van der Waals surface area contributed by atoms with E-state index in [0.29, 0.717) is 11.2 Å². The second kappa shape index (κ2) is 4.57. The first-order chi connectivity index (χ1) is 10.6. The Bertz CT molecular complexity index is 1080. The van der Waals surface area contributed by atoms with Crippen LogP contribution in [0.3, 0.4) is 0 Å². The first-order valence-corrected chi connectivity index (χ1v) is 7.99. The standard InChI is InChI=1S/C14H11N5O2S/c20-22(21,11-3-4-12-14(6-11)16-8-15-12)19-10-2-1-9-7-17-18-13(9)5-10/h1-8,19H,(H,15,16)(H,17,18). The monoisotopic (exact) mass is 313 g/mol. The molecule has 0 saturated heterocycles. The van der Waals surface area contributed by atoms with E-state index in [4.69, 9.17) is 0 Å². The molecule has 2 heterocycles. The molecule has 3 N–H and O–H groups in total. The molecule has 0 aliphatic rings. The lowest BCUT2D eigenvalue weighted by Gasteiger charge is -2.08. The van der Waals surface area contributed by atoms with Gasteiger partial charge in [0.2, 0.25) is 0 Å². The minimum Gasteiger partial charge on any atom is -0.345 e. The lowest BCUT2D eigenvalue weighted by molar-refractivity contribution is 0.601. The summed E-state index contributed by atoms with van der Waals surface area (Å²) >= 11 is 0. The van der Waals surface area contributed by atoms with Gasteiger partial charge in [0.15, 0.2) is 0 Å². The Balaban J connectivity index is 1.72. The van der Waals surface area contributed by atoms with Crippen molar-refractivity contribution in [1.82, 2.24) is 20.2 Å². The van der Waals surface area contributed by atoms with Crippen molar-refractivity contribution in [3.05, 3.63) is 48.9 Å². The highest BCUT2D eigenvalue weighted by Crippen LogP contribution is 2.22. The summed E-state index contributed by atoms with van der Waals surface area (Å²) in [5, 5.41) is 7.64. The van der Waals surface area contributed by atoms with Gasteiger partial charge in [-0.15, -0.1) is 0 Å². The van der Waals surface area contributed by atoms with Crippen molar-refractivity contribution in [3.63, 3.8) is 0 Å². The van der Waals surface area contributed by atoms with Gasteiger partial charge in [-0.05, 0) is 36.4 Å². The van der Waals surface area contributed by atoms with Crippen LogP contribution >= 0.6 is 0 Å². The smallest absolute Gasteiger partial charge is 0.261 e. The van der Waals surface area contributed by atoms with Crippen LogP contribution in [-0.4, -0.2) is 28.6 Å². The molecule has 0 atom stereocenters. The number of anilines is 1. The normalized spacial score (nSPS) is 12.0. The van der Waals surface area contributed by atoms with E-state index in [2.05, 4.69) is 24.9 Å². The van der Waals surface area contributed by atoms with Crippen LogP contribution in [0.1, 0.15) is 0 Å². The van der Waals surface area contributed by atoms with E-state index in [1.165, 1.54) is 12.4 Å². The van der Waals surface area contributed by atoms with Crippen LogP contribution in [-0.2, 0) is 10.0 Å². The molecular formula is C14H11N5O2S. The Labute approximate surface area is 125 Å². The molecule has 0 unspecified atom stereocenters. The summed E-state index contributed by atoms with van der Waals surface area (Å²) in [6.45, 7) is 0. The van der Waals surface area contributed by atoms with E-state index in [1.54, 1.807) is 36.5 Å². The molecule has 0 saturated carbocycles. The molecule has 2 aromatic carbocycles. The molecule has 8 heteroatoms. The lowest BCUT2D eigenvalue weighted by atomic mass is 10.2. The van der Waals surface area contributed by atoms with Crippen LogP contribution in [0, 0.1) is 0 Å². The average molecular weight is 313 g/mol. The molecule has 0 amide bonds. The molecule has 0 aliphatic heterocycles. The number of aromatic nitrogens is 4. The molecule has 0 radical (unpaired) electrons. The van der Waals surface area contributed by atoms with Gasteiger partial charge < -0.3 is 4.98 Å². The number of sulfonamides is 1. The molecule has 4 aromatic rings. The lowest BCUT2D eigenvalue weighted by Crippen LogP contribution is -2.12. The van der Waals surface area contributed by atoms with Crippen molar-refractivity contribution in [2.45, 2.75) is 4.90 Å². The number of imidazole rings is 1. The third-order valence-corrected chi connectivity index (χ3v) is 4.78. The first kappa shape index (κ1) is 12.8. The van der Waals surface area contributed by atoms with Crippen LogP contribution in [0.15, 0.2) is 53.8 Å². The number of fused-ring (bicyclic) bond motifs is 2. The molecule has 4 rings (SSSR count). The third-order valence-electron chi connectivity index (χ3n) is 3.40. The number of nitrogens with one attached hydrogen (secondary N) is 3. The first-order valence-electron chi connectivity index (χ1n) is 6.51. The molecule has 0 fully saturated rings. The Kier molecular flexibility index (Phi) is 2.67. The highest BCUT2D eigenvalue weighted by atomic mass is 32.2. The van der Waals surface area contributed by atoms with E-state index >= 15 is 0 Å². The van der Waals surface area contributed by atoms with Crippen LogP contribution in [0.2, 0.25) is 0 Å². The number of H-pyrrole nitrogens is 2. The van der Waals surface area contributed by atoms with Gasteiger partial charge in [-0.2, -0.15) is 5.10 Å². The zero-order chi connectivity index (χ0) is 15.2. The fourth-order valence-electron chi connectivity index (χ4n) is 2.30. The van der Waals surface area contributed by atoms with E-state index in [-0.39, 0.29) is 4.90 Å². The summed E-state index contributed by atoms with van der Waals surface area (Å²) in [4.78, 5) is 7.15. The minimum atomic E-state index is -3.67. The summed E-state index contributed by atoms with van der Waals surface area (Å²) in [6.07, 6.45) is 3.21. The maximum Gasteiger partial charge on any atom is 0.261 e. The number of benzene rings is 2. The van der Waals surface area contributed by atoms with Crippen LogP contribution in [0.4, 0.5) is 5.69 Å². The number of nitrogens with zero attached hydrogens (tertiary/aromatic N) is 2. The Morgan fingerprint density at radius 1 is 1.05 bits per heavy atom.